The van der Waals surface area contributed by atoms with E-state index in [9.17, 15) is 4.79 Å². The Labute approximate surface area is 158 Å². The van der Waals surface area contributed by atoms with Crippen molar-refractivity contribution in [3.05, 3.63) is 24.2 Å². The molecule has 1 atom stereocenters. The average Bonchev–Trinajstić information content (AvgIpc) is 3.09. The van der Waals surface area contributed by atoms with E-state index >= 15 is 0 Å². The number of carbonyl (C=O) groups excluding carboxylic acids is 1. The Morgan fingerprint density at radius 2 is 2.00 bits per heavy atom. The molecule has 2 N–H and O–H groups in total. The van der Waals surface area contributed by atoms with Gasteiger partial charge in [0, 0.05) is 18.8 Å². The largest absolute Gasteiger partial charge is 0.419 e. The Morgan fingerprint density at radius 1 is 1.19 bits per heavy atom. The molecule has 0 radical (unpaired) electrons. The molecular formula is C20H25N5O2. The zero-order valence-corrected chi connectivity index (χ0v) is 15.6. The minimum absolute atomic E-state index is 0.0570. The van der Waals surface area contributed by atoms with Crippen molar-refractivity contribution in [1.82, 2.24) is 20.5 Å². The van der Waals surface area contributed by atoms with Crippen LogP contribution in [0.2, 0.25) is 0 Å². The maximum atomic E-state index is 12.2. The molecule has 1 aliphatic heterocycles. The molecule has 2 saturated carbocycles. The SMILES string of the molecule is CC1(c2nnc(-c3cccnc3NC3CCC4(CC3)CC4)o2)CCNC1=O. The lowest BCUT2D eigenvalue weighted by atomic mass is 9.83. The molecule has 1 saturated heterocycles. The van der Waals surface area contributed by atoms with Gasteiger partial charge in [0.15, 0.2) is 0 Å². The molecule has 7 heteroatoms. The highest BCUT2D eigenvalue weighted by Gasteiger charge is 2.45. The number of nitrogens with zero attached hydrogens (tertiary/aromatic N) is 3. The van der Waals surface area contributed by atoms with Gasteiger partial charge in [-0.2, -0.15) is 0 Å². The minimum Gasteiger partial charge on any atom is -0.419 e. The summed E-state index contributed by atoms with van der Waals surface area (Å²) in [5, 5.41) is 14.8. The summed E-state index contributed by atoms with van der Waals surface area (Å²) in [6, 6.07) is 4.24. The maximum absolute atomic E-state index is 12.2. The number of nitrogens with one attached hydrogen (secondary N) is 2. The summed E-state index contributed by atoms with van der Waals surface area (Å²) in [6.45, 7) is 2.49. The van der Waals surface area contributed by atoms with Gasteiger partial charge in [0.05, 0.1) is 5.56 Å². The molecule has 1 amide bonds. The van der Waals surface area contributed by atoms with Crippen LogP contribution in [0.5, 0.6) is 0 Å². The summed E-state index contributed by atoms with van der Waals surface area (Å²) < 4.78 is 5.94. The predicted molar refractivity (Wildman–Crippen MR) is 100 cm³/mol. The Morgan fingerprint density at radius 3 is 2.70 bits per heavy atom. The number of amides is 1. The molecule has 3 fully saturated rings. The first-order valence-electron chi connectivity index (χ1n) is 9.92. The number of anilines is 1. The van der Waals surface area contributed by atoms with Crippen molar-refractivity contribution in [2.24, 2.45) is 5.41 Å². The second-order valence-corrected chi connectivity index (χ2v) is 8.57. The van der Waals surface area contributed by atoms with Crippen molar-refractivity contribution < 1.29 is 9.21 Å². The summed E-state index contributed by atoms with van der Waals surface area (Å²) in [4.78, 5) is 16.7. The van der Waals surface area contributed by atoms with Crippen molar-refractivity contribution in [2.45, 2.75) is 63.3 Å². The van der Waals surface area contributed by atoms with Crippen molar-refractivity contribution in [3.63, 3.8) is 0 Å². The fraction of sp³-hybridized carbons (Fsp3) is 0.600. The molecule has 27 heavy (non-hydrogen) atoms. The summed E-state index contributed by atoms with van der Waals surface area (Å²) >= 11 is 0. The van der Waals surface area contributed by atoms with E-state index in [1.807, 2.05) is 19.1 Å². The zero-order chi connectivity index (χ0) is 18.5. The molecule has 5 rings (SSSR count). The van der Waals surface area contributed by atoms with E-state index in [1.54, 1.807) is 6.20 Å². The smallest absolute Gasteiger partial charge is 0.251 e. The highest BCUT2D eigenvalue weighted by atomic mass is 16.4. The number of carbonyl (C=O) groups is 1. The van der Waals surface area contributed by atoms with E-state index < -0.39 is 5.41 Å². The van der Waals surface area contributed by atoms with Crippen molar-refractivity contribution in [1.29, 1.82) is 0 Å². The predicted octanol–water partition coefficient (Wildman–Crippen LogP) is 3.04. The summed E-state index contributed by atoms with van der Waals surface area (Å²) in [7, 11) is 0. The Hall–Kier alpha value is -2.44. The number of hydrogen-bond donors (Lipinski definition) is 2. The van der Waals surface area contributed by atoms with Gasteiger partial charge in [-0.1, -0.05) is 0 Å². The first-order valence-corrected chi connectivity index (χ1v) is 9.92. The molecule has 2 aromatic heterocycles. The molecule has 2 aromatic rings. The topological polar surface area (TPSA) is 92.9 Å². The normalized spacial score (nSPS) is 26.9. The van der Waals surface area contributed by atoms with E-state index in [0.717, 1.165) is 11.4 Å². The van der Waals surface area contributed by atoms with E-state index in [-0.39, 0.29) is 5.91 Å². The van der Waals surface area contributed by atoms with Crippen molar-refractivity contribution in [2.75, 3.05) is 11.9 Å². The number of aromatic nitrogens is 3. The fourth-order valence-corrected chi connectivity index (χ4v) is 4.43. The molecule has 1 spiro atoms. The molecule has 3 heterocycles. The van der Waals surface area contributed by atoms with Gasteiger partial charge in [-0.25, -0.2) is 4.98 Å². The Kier molecular flexibility index (Phi) is 3.74. The Balaban J connectivity index is 1.37. The van der Waals surface area contributed by atoms with Crippen LogP contribution in [0.15, 0.2) is 22.7 Å². The lowest BCUT2D eigenvalue weighted by Gasteiger charge is -2.29. The van der Waals surface area contributed by atoms with E-state index in [4.69, 9.17) is 4.42 Å². The second kappa shape index (κ2) is 6.04. The standard InChI is InChI=1S/C20H25N5O2/c1-19(10-12-22-17(19)26)18-25-24-16(27-18)14-3-2-11-21-15(14)23-13-4-6-20(7-5-13)8-9-20/h2-3,11,13H,4-10,12H2,1H3,(H,21,23)(H,22,26). The Bertz CT molecular complexity index is 865. The highest BCUT2D eigenvalue weighted by Crippen LogP contribution is 2.56. The lowest BCUT2D eigenvalue weighted by Crippen LogP contribution is -2.32. The second-order valence-electron chi connectivity index (χ2n) is 8.57. The number of rotatable bonds is 4. The maximum Gasteiger partial charge on any atom is 0.251 e. The van der Waals surface area contributed by atoms with Crippen LogP contribution in [0.3, 0.4) is 0 Å². The number of pyridine rings is 1. The highest BCUT2D eigenvalue weighted by molar-refractivity contribution is 5.88. The van der Waals surface area contributed by atoms with E-state index in [2.05, 4.69) is 25.8 Å². The minimum atomic E-state index is -0.747. The van der Waals surface area contributed by atoms with E-state index in [0.29, 0.717) is 36.2 Å². The third-order valence-corrected chi connectivity index (χ3v) is 6.69. The van der Waals surface area contributed by atoms with Crippen molar-refractivity contribution in [3.8, 4) is 11.5 Å². The summed E-state index contributed by atoms with van der Waals surface area (Å²) in [5.41, 5.74) is 0.720. The monoisotopic (exact) mass is 367 g/mol. The molecule has 142 valence electrons. The molecule has 0 bridgehead atoms. The van der Waals surface area contributed by atoms with Crippen LogP contribution in [0.25, 0.3) is 11.5 Å². The fourth-order valence-electron chi connectivity index (χ4n) is 4.43. The van der Waals surface area contributed by atoms with E-state index in [1.165, 1.54) is 38.5 Å². The zero-order valence-electron chi connectivity index (χ0n) is 15.6. The van der Waals surface area contributed by atoms with Gasteiger partial charge in [0.2, 0.25) is 11.8 Å². The first-order chi connectivity index (χ1) is 13.1. The van der Waals surface area contributed by atoms with Gasteiger partial charge >= 0.3 is 0 Å². The van der Waals surface area contributed by atoms with Gasteiger partial charge in [-0.05, 0) is 69.4 Å². The van der Waals surface area contributed by atoms with Gasteiger partial charge in [0.25, 0.3) is 5.89 Å². The molecule has 3 aliphatic rings. The summed E-state index contributed by atoms with van der Waals surface area (Å²) in [6.07, 6.45) is 10.2. The van der Waals surface area contributed by atoms with Crippen LogP contribution in [0, 0.1) is 5.41 Å². The lowest BCUT2D eigenvalue weighted by molar-refractivity contribution is -0.124. The molecule has 1 unspecified atom stereocenters. The average molecular weight is 367 g/mol. The summed E-state index contributed by atoms with van der Waals surface area (Å²) in [5.74, 6) is 1.51. The quantitative estimate of drug-likeness (QED) is 0.863. The van der Waals surface area contributed by atoms with Crippen LogP contribution < -0.4 is 10.6 Å². The van der Waals surface area contributed by atoms with Crippen molar-refractivity contribution >= 4 is 11.7 Å². The van der Waals surface area contributed by atoms with Crippen LogP contribution >= 0.6 is 0 Å². The number of hydrogen-bond acceptors (Lipinski definition) is 6. The molecular weight excluding hydrogens is 342 g/mol. The van der Waals surface area contributed by atoms with Crippen LogP contribution in [-0.2, 0) is 10.2 Å². The third kappa shape index (κ3) is 2.89. The van der Waals surface area contributed by atoms with Crippen LogP contribution in [0.4, 0.5) is 5.82 Å². The first kappa shape index (κ1) is 16.7. The molecule has 0 aromatic carbocycles. The van der Waals surface area contributed by atoms with Gasteiger partial charge in [-0.15, -0.1) is 10.2 Å². The molecule has 2 aliphatic carbocycles. The molecule has 7 nitrogen and oxygen atoms in total. The van der Waals surface area contributed by atoms with Gasteiger partial charge in [-0.3, -0.25) is 4.79 Å². The van der Waals surface area contributed by atoms with Crippen LogP contribution in [0.1, 0.15) is 57.8 Å². The van der Waals surface area contributed by atoms with Crippen LogP contribution in [-0.4, -0.2) is 33.7 Å². The van der Waals surface area contributed by atoms with Gasteiger partial charge in [0.1, 0.15) is 11.2 Å². The third-order valence-electron chi connectivity index (χ3n) is 6.69. The van der Waals surface area contributed by atoms with Gasteiger partial charge < -0.3 is 15.1 Å².